The molecule has 2 aromatic rings. The number of hydrazone groups is 1. The fourth-order valence-electron chi connectivity index (χ4n) is 2.40. The third kappa shape index (κ3) is 6.26. The van der Waals surface area contributed by atoms with Crippen LogP contribution in [0.4, 0.5) is 5.69 Å². The van der Waals surface area contributed by atoms with Crippen molar-refractivity contribution in [3.05, 3.63) is 59.2 Å². The maximum atomic E-state index is 12.1. The molecule has 2 aromatic carbocycles. The van der Waals surface area contributed by atoms with Gasteiger partial charge in [-0.15, -0.1) is 0 Å². The van der Waals surface area contributed by atoms with Gasteiger partial charge in [-0.25, -0.2) is 5.43 Å². The van der Waals surface area contributed by atoms with Gasteiger partial charge in [-0.2, -0.15) is 5.10 Å². The Morgan fingerprint density at radius 3 is 2.41 bits per heavy atom. The van der Waals surface area contributed by atoms with Crippen molar-refractivity contribution in [3.63, 3.8) is 0 Å². The van der Waals surface area contributed by atoms with Crippen molar-refractivity contribution >= 4 is 23.2 Å². The Hall–Kier alpha value is -3.15. The van der Waals surface area contributed by atoms with Gasteiger partial charge in [0.05, 0.1) is 6.42 Å². The van der Waals surface area contributed by atoms with Crippen molar-refractivity contribution in [2.45, 2.75) is 34.1 Å². The van der Waals surface area contributed by atoms with E-state index >= 15 is 0 Å². The summed E-state index contributed by atoms with van der Waals surface area (Å²) in [5.41, 5.74) is 6.78. The Morgan fingerprint density at radius 2 is 1.67 bits per heavy atom. The van der Waals surface area contributed by atoms with Crippen LogP contribution in [0.3, 0.4) is 0 Å². The van der Waals surface area contributed by atoms with Gasteiger partial charge in [0.15, 0.2) is 6.61 Å². The molecule has 0 aliphatic heterocycles. The number of nitrogens with zero attached hydrogens (tertiary/aromatic N) is 1. The molecule has 0 radical (unpaired) electrons. The minimum atomic E-state index is -0.382. The molecule has 2 amide bonds. The van der Waals surface area contributed by atoms with Gasteiger partial charge in [0.25, 0.3) is 5.91 Å². The smallest absolute Gasteiger partial charge is 0.277 e. The van der Waals surface area contributed by atoms with Crippen molar-refractivity contribution in [1.29, 1.82) is 0 Å². The van der Waals surface area contributed by atoms with E-state index in [0.29, 0.717) is 11.5 Å². The number of carbonyl (C=O) groups excluding carboxylic acids is 2. The number of anilines is 1. The van der Waals surface area contributed by atoms with Gasteiger partial charge in [0.2, 0.25) is 5.91 Å². The molecule has 27 heavy (non-hydrogen) atoms. The molecular weight excluding hydrogens is 342 g/mol. The van der Waals surface area contributed by atoms with Gasteiger partial charge in [0, 0.05) is 11.4 Å². The monoisotopic (exact) mass is 367 g/mol. The number of rotatable bonds is 7. The summed E-state index contributed by atoms with van der Waals surface area (Å²) in [6.45, 7) is 7.40. The Kier molecular flexibility index (Phi) is 7.11. The molecule has 0 spiro atoms. The highest BCUT2D eigenvalue weighted by atomic mass is 16.5. The van der Waals surface area contributed by atoms with Gasteiger partial charge in [-0.05, 0) is 56.5 Å². The fraction of sp³-hybridized carbons (Fsp3) is 0.286. The molecule has 6 heteroatoms. The Morgan fingerprint density at radius 1 is 0.963 bits per heavy atom. The second kappa shape index (κ2) is 9.52. The van der Waals surface area contributed by atoms with E-state index in [9.17, 15) is 9.59 Å². The normalized spacial score (nSPS) is 11.0. The van der Waals surface area contributed by atoms with E-state index in [4.69, 9.17) is 4.74 Å². The molecule has 142 valence electrons. The second-order valence-corrected chi connectivity index (χ2v) is 6.41. The van der Waals surface area contributed by atoms with Crippen molar-refractivity contribution in [2.24, 2.45) is 5.10 Å². The zero-order chi connectivity index (χ0) is 19.8. The van der Waals surface area contributed by atoms with Crippen LogP contribution in [0.15, 0.2) is 47.6 Å². The molecule has 0 saturated carbocycles. The van der Waals surface area contributed by atoms with Crippen LogP contribution in [-0.4, -0.2) is 24.1 Å². The van der Waals surface area contributed by atoms with Crippen molar-refractivity contribution in [3.8, 4) is 5.75 Å². The Balaban J connectivity index is 1.81. The minimum Gasteiger partial charge on any atom is -0.483 e. The summed E-state index contributed by atoms with van der Waals surface area (Å²) in [6.07, 6.45) is 0.0896. The van der Waals surface area contributed by atoms with Gasteiger partial charge >= 0.3 is 0 Å². The number of benzene rings is 2. The van der Waals surface area contributed by atoms with E-state index in [0.717, 1.165) is 22.4 Å². The summed E-state index contributed by atoms with van der Waals surface area (Å²) in [5, 5.41) is 6.82. The molecular formula is C21H25N3O3. The van der Waals surface area contributed by atoms with E-state index in [1.807, 2.05) is 57.2 Å². The number of ether oxygens (including phenoxy) is 1. The van der Waals surface area contributed by atoms with E-state index in [-0.39, 0.29) is 24.8 Å². The number of hydrogen-bond donors (Lipinski definition) is 2. The summed E-state index contributed by atoms with van der Waals surface area (Å²) in [4.78, 5) is 24.0. The first-order chi connectivity index (χ1) is 12.9. The van der Waals surface area contributed by atoms with Crippen LogP contribution < -0.4 is 15.5 Å². The molecule has 6 nitrogen and oxygen atoms in total. The molecule has 0 heterocycles. The van der Waals surface area contributed by atoms with E-state index in [1.54, 1.807) is 13.0 Å². The molecule has 0 aliphatic carbocycles. The van der Waals surface area contributed by atoms with Gasteiger partial charge < -0.3 is 10.1 Å². The van der Waals surface area contributed by atoms with E-state index in [1.165, 1.54) is 0 Å². The summed E-state index contributed by atoms with van der Waals surface area (Å²) >= 11 is 0. The Bertz CT molecular complexity index is 860. The SMILES string of the molecule is CC(CC(=O)Nc1cccc(C)c1C)=NNC(=O)COc1ccccc1C. The van der Waals surface area contributed by atoms with Crippen molar-refractivity contribution in [1.82, 2.24) is 5.43 Å². The summed E-state index contributed by atoms with van der Waals surface area (Å²) in [7, 11) is 0. The first kappa shape index (κ1) is 20.2. The van der Waals surface area contributed by atoms with E-state index < -0.39 is 0 Å². The third-order valence-corrected chi connectivity index (χ3v) is 4.12. The molecule has 2 N–H and O–H groups in total. The molecule has 0 fully saturated rings. The number of aryl methyl sites for hydroxylation is 2. The Labute approximate surface area is 159 Å². The van der Waals surface area contributed by atoms with Crippen molar-refractivity contribution in [2.75, 3.05) is 11.9 Å². The van der Waals surface area contributed by atoms with E-state index in [2.05, 4.69) is 15.8 Å². The van der Waals surface area contributed by atoms with Gasteiger partial charge in [-0.1, -0.05) is 30.3 Å². The van der Waals surface area contributed by atoms with Crippen LogP contribution in [0.1, 0.15) is 30.0 Å². The number of para-hydroxylation sites is 1. The average molecular weight is 367 g/mol. The molecule has 0 bridgehead atoms. The lowest BCUT2D eigenvalue weighted by Gasteiger charge is -2.10. The molecule has 0 saturated heterocycles. The quantitative estimate of drug-likeness (QED) is 0.580. The van der Waals surface area contributed by atoms with Gasteiger partial charge in [0.1, 0.15) is 5.75 Å². The second-order valence-electron chi connectivity index (χ2n) is 6.41. The maximum absolute atomic E-state index is 12.1. The lowest BCUT2D eigenvalue weighted by molar-refractivity contribution is -0.123. The third-order valence-electron chi connectivity index (χ3n) is 4.12. The van der Waals surface area contributed by atoms with Crippen LogP contribution in [0, 0.1) is 20.8 Å². The molecule has 2 rings (SSSR count). The lowest BCUT2D eigenvalue weighted by atomic mass is 10.1. The molecule has 0 aromatic heterocycles. The zero-order valence-electron chi connectivity index (χ0n) is 16.1. The number of amides is 2. The predicted molar refractivity (Wildman–Crippen MR) is 107 cm³/mol. The number of nitrogens with one attached hydrogen (secondary N) is 2. The summed E-state index contributed by atoms with van der Waals surface area (Å²) < 4.78 is 5.45. The van der Waals surface area contributed by atoms with Crippen molar-refractivity contribution < 1.29 is 14.3 Å². The van der Waals surface area contributed by atoms with Crippen LogP contribution >= 0.6 is 0 Å². The molecule has 0 unspecified atom stereocenters. The number of hydrogen-bond acceptors (Lipinski definition) is 4. The van der Waals surface area contributed by atoms with Crippen LogP contribution in [0.2, 0.25) is 0 Å². The van der Waals surface area contributed by atoms with Gasteiger partial charge in [-0.3, -0.25) is 9.59 Å². The van der Waals surface area contributed by atoms with Crippen LogP contribution in [0.5, 0.6) is 5.75 Å². The average Bonchev–Trinajstić information content (AvgIpc) is 2.63. The highest BCUT2D eigenvalue weighted by Crippen LogP contribution is 2.18. The first-order valence-electron chi connectivity index (χ1n) is 8.73. The number of carbonyl (C=O) groups is 2. The van der Waals surface area contributed by atoms with Crippen LogP contribution in [0.25, 0.3) is 0 Å². The minimum absolute atomic E-state index is 0.0896. The van der Waals surface area contributed by atoms with Crippen LogP contribution in [-0.2, 0) is 9.59 Å². The predicted octanol–water partition coefficient (Wildman–Crippen LogP) is 3.51. The maximum Gasteiger partial charge on any atom is 0.277 e. The largest absolute Gasteiger partial charge is 0.483 e. The molecule has 0 atom stereocenters. The standard InChI is InChI=1S/C21H25N3O3/c1-14-9-7-10-18(17(14)4)22-20(25)12-16(3)23-24-21(26)13-27-19-11-6-5-8-15(19)2/h5-11H,12-13H2,1-4H3,(H,22,25)(H,24,26). The summed E-state index contributed by atoms with van der Waals surface area (Å²) in [6, 6.07) is 13.2. The molecule has 0 aliphatic rings. The zero-order valence-corrected chi connectivity index (χ0v) is 16.1. The fourth-order valence-corrected chi connectivity index (χ4v) is 2.40. The topological polar surface area (TPSA) is 79.8 Å². The summed E-state index contributed by atoms with van der Waals surface area (Å²) in [5.74, 6) is 0.0872. The lowest BCUT2D eigenvalue weighted by Crippen LogP contribution is -2.26. The highest BCUT2D eigenvalue weighted by molar-refractivity contribution is 6.06. The first-order valence-corrected chi connectivity index (χ1v) is 8.73. The highest BCUT2D eigenvalue weighted by Gasteiger charge is 2.08.